The molecule has 1 aromatic heterocycles. The van der Waals surface area contributed by atoms with E-state index >= 15 is 0 Å². The number of nitrogens with zero attached hydrogens (tertiary/aromatic N) is 2. The van der Waals surface area contributed by atoms with E-state index in [-0.39, 0.29) is 10.5 Å². The van der Waals surface area contributed by atoms with Crippen molar-refractivity contribution in [2.45, 2.75) is 56.0 Å². The third kappa shape index (κ3) is 3.73. The first-order valence-corrected chi connectivity index (χ1v) is 8.92. The molecular weight excluding hydrogens is 292 g/mol. The van der Waals surface area contributed by atoms with Gasteiger partial charge in [0.05, 0.1) is 5.75 Å². The van der Waals surface area contributed by atoms with Gasteiger partial charge in [0, 0.05) is 23.2 Å². The fourth-order valence-electron chi connectivity index (χ4n) is 2.53. The Labute approximate surface area is 128 Å². The first-order chi connectivity index (χ1) is 9.41. The first kappa shape index (κ1) is 15.8. The zero-order valence-corrected chi connectivity index (χ0v) is 13.9. The van der Waals surface area contributed by atoms with Crippen molar-refractivity contribution >= 4 is 29.5 Å². The number of carbonyl (C=O) groups is 1. The number of carboxylic acids is 1. The van der Waals surface area contributed by atoms with Gasteiger partial charge in [-0.3, -0.25) is 4.79 Å². The van der Waals surface area contributed by atoms with Crippen LogP contribution in [0.3, 0.4) is 0 Å². The standard InChI is InChI=1S/C14H22N2O2S2/c1-10(2)11-7-15-13(19-8-12(17)18)16(11)9-14(3)5-4-6-20-14/h7,10H,4-6,8-9H2,1-3H3,(H,17,18). The minimum absolute atomic E-state index is 0.0679. The summed E-state index contributed by atoms with van der Waals surface area (Å²) in [7, 11) is 0. The van der Waals surface area contributed by atoms with Crippen molar-refractivity contribution in [1.29, 1.82) is 0 Å². The van der Waals surface area contributed by atoms with Gasteiger partial charge < -0.3 is 9.67 Å². The van der Waals surface area contributed by atoms with E-state index in [1.807, 2.05) is 18.0 Å². The lowest BCUT2D eigenvalue weighted by Crippen LogP contribution is -2.25. The summed E-state index contributed by atoms with van der Waals surface area (Å²) < 4.78 is 2.49. The lowest BCUT2D eigenvalue weighted by molar-refractivity contribution is -0.133. The molecule has 1 fully saturated rings. The molecule has 1 aliphatic heterocycles. The van der Waals surface area contributed by atoms with Crippen molar-refractivity contribution in [3.8, 4) is 0 Å². The summed E-state index contributed by atoms with van der Waals surface area (Å²) >= 11 is 3.34. The molecule has 0 bridgehead atoms. The number of aromatic nitrogens is 2. The Morgan fingerprint density at radius 2 is 2.40 bits per heavy atom. The molecular formula is C14H22N2O2S2. The van der Waals surface area contributed by atoms with Gasteiger partial charge in [-0.05, 0) is 31.4 Å². The monoisotopic (exact) mass is 314 g/mol. The molecule has 4 nitrogen and oxygen atoms in total. The lowest BCUT2D eigenvalue weighted by Gasteiger charge is -2.26. The number of aliphatic carboxylic acids is 1. The molecule has 6 heteroatoms. The van der Waals surface area contributed by atoms with E-state index in [1.165, 1.54) is 36.1 Å². The van der Waals surface area contributed by atoms with Crippen molar-refractivity contribution in [2.24, 2.45) is 0 Å². The van der Waals surface area contributed by atoms with E-state index in [9.17, 15) is 4.79 Å². The van der Waals surface area contributed by atoms with Gasteiger partial charge in [0.2, 0.25) is 0 Å². The van der Waals surface area contributed by atoms with Crippen LogP contribution in [0.15, 0.2) is 11.4 Å². The van der Waals surface area contributed by atoms with Crippen molar-refractivity contribution in [3.05, 3.63) is 11.9 Å². The Balaban J connectivity index is 2.22. The number of imidazole rings is 1. The van der Waals surface area contributed by atoms with Crippen LogP contribution in [0, 0.1) is 0 Å². The number of hydrogen-bond donors (Lipinski definition) is 1. The van der Waals surface area contributed by atoms with E-state index in [0.29, 0.717) is 5.92 Å². The smallest absolute Gasteiger partial charge is 0.313 e. The topological polar surface area (TPSA) is 55.1 Å². The summed E-state index contributed by atoms with van der Waals surface area (Å²) in [5.74, 6) is 0.895. The van der Waals surface area contributed by atoms with Crippen LogP contribution in [0.5, 0.6) is 0 Å². The average molecular weight is 314 g/mol. The lowest BCUT2D eigenvalue weighted by atomic mass is 10.0. The van der Waals surface area contributed by atoms with Gasteiger partial charge >= 0.3 is 5.97 Å². The quantitative estimate of drug-likeness (QED) is 0.815. The molecule has 0 amide bonds. The highest BCUT2D eigenvalue weighted by molar-refractivity contribution is 8.00. The minimum Gasteiger partial charge on any atom is -0.481 e. The maximum Gasteiger partial charge on any atom is 0.313 e. The first-order valence-electron chi connectivity index (χ1n) is 6.95. The summed E-state index contributed by atoms with van der Waals surface area (Å²) in [6.45, 7) is 7.54. The van der Waals surface area contributed by atoms with E-state index in [2.05, 4.69) is 30.3 Å². The maximum absolute atomic E-state index is 10.8. The Morgan fingerprint density at radius 1 is 1.65 bits per heavy atom. The molecule has 1 aliphatic rings. The fraction of sp³-hybridized carbons (Fsp3) is 0.714. The average Bonchev–Trinajstić information content (AvgIpc) is 2.94. The number of carboxylic acid groups (broad SMARTS) is 1. The molecule has 0 aliphatic carbocycles. The molecule has 20 heavy (non-hydrogen) atoms. The van der Waals surface area contributed by atoms with Crippen LogP contribution in [-0.4, -0.2) is 36.9 Å². The predicted octanol–water partition coefficient (Wildman–Crippen LogP) is 3.47. The summed E-state index contributed by atoms with van der Waals surface area (Å²) in [5.41, 5.74) is 1.20. The predicted molar refractivity (Wildman–Crippen MR) is 84.8 cm³/mol. The normalized spacial score (nSPS) is 22.6. The molecule has 0 aromatic carbocycles. The Morgan fingerprint density at radius 3 is 2.95 bits per heavy atom. The molecule has 1 saturated heterocycles. The summed E-state index contributed by atoms with van der Waals surface area (Å²) in [6, 6.07) is 0. The highest BCUT2D eigenvalue weighted by Crippen LogP contribution is 2.40. The van der Waals surface area contributed by atoms with Gasteiger partial charge in [-0.15, -0.1) is 0 Å². The highest BCUT2D eigenvalue weighted by Gasteiger charge is 2.31. The summed E-state index contributed by atoms with van der Waals surface area (Å²) in [5, 5.41) is 9.69. The molecule has 2 heterocycles. The highest BCUT2D eigenvalue weighted by atomic mass is 32.2. The van der Waals surface area contributed by atoms with Gasteiger partial charge in [-0.25, -0.2) is 4.98 Å². The van der Waals surface area contributed by atoms with Gasteiger partial charge in [-0.1, -0.05) is 25.6 Å². The number of thioether (sulfide) groups is 2. The summed E-state index contributed by atoms with van der Waals surface area (Å²) in [6.07, 6.45) is 4.39. The molecule has 1 aromatic rings. The molecule has 0 spiro atoms. The van der Waals surface area contributed by atoms with Crippen LogP contribution in [0.1, 0.15) is 45.2 Å². The molecule has 0 radical (unpaired) electrons. The van der Waals surface area contributed by atoms with Crippen LogP contribution in [0.2, 0.25) is 0 Å². The molecule has 1 unspecified atom stereocenters. The third-order valence-electron chi connectivity index (χ3n) is 3.56. The minimum atomic E-state index is -0.794. The van der Waals surface area contributed by atoms with Gasteiger partial charge in [0.25, 0.3) is 0 Å². The zero-order valence-electron chi connectivity index (χ0n) is 12.3. The van der Waals surface area contributed by atoms with Gasteiger partial charge in [0.15, 0.2) is 5.16 Å². The van der Waals surface area contributed by atoms with E-state index in [1.54, 1.807) is 0 Å². The van der Waals surface area contributed by atoms with Crippen molar-refractivity contribution < 1.29 is 9.90 Å². The van der Waals surface area contributed by atoms with Crippen LogP contribution in [0.25, 0.3) is 0 Å². The second-order valence-electron chi connectivity index (χ2n) is 5.79. The SMILES string of the molecule is CC(C)c1cnc(SCC(=O)O)n1CC1(C)CCCS1. The second-order valence-corrected chi connectivity index (χ2v) is 8.42. The largest absolute Gasteiger partial charge is 0.481 e. The second kappa shape index (κ2) is 6.43. The fourth-order valence-corrected chi connectivity index (χ4v) is 4.52. The van der Waals surface area contributed by atoms with Gasteiger partial charge in [-0.2, -0.15) is 11.8 Å². The molecule has 112 valence electrons. The van der Waals surface area contributed by atoms with Gasteiger partial charge in [0.1, 0.15) is 0 Å². The van der Waals surface area contributed by atoms with Crippen molar-refractivity contribution in [2.75, 3.05) is 11.5 Å². The van der Waals surface area contributed by atoms with E-state index in [4.69, 9.17) is 5.11 Å². The maximum atomic E-state index is 10.8. The van der Waals surface area contributed by atoms with Crippen LogP contribution < -0.4 is 0 Å². The Bertz CT molecular complexity index is 480. The summed E-state index contributed by atoms with van der Waals surface area (Å²) in [4.78, 5) is 15.2. The third-order valence-corrected chi connectivity index (χ3v) is 6.06. The molecule has 1 N–H and O–H groups in total. The molecule has 0 saturated carbocycles. The van der Waals surface area contributed by atoms with Crippen molar-refractivity contribution in [3.63, 3.8) is 0 Å². The van der Waals surface area contributed by atoms with Crippen LogP contribution in [0.4, 0.5) is 0 Å². The van der Waals surface area contributed by atoms with Crippen LogP contribution >= 0.6 is 23.5 Å². The Kier molecular flexibility index (Phi) is 5.07. The van der Waals surface area contributed by atoms with E-state index < -0.39 is 5.97 Å². The zero-order chi connectivity index (χ0) is 14.8. The number of hydrogen-bond acceptors (Lipinski definition) is 4. The Hall–Kier alpha value is -0.620. The molecule has 1 atom stereocenters. The van der Waals surface area contributed by atoms with Crippen LogP contribution in [-0.2, 0) is 11.3 Å². The number of rotatable bonds is 6. The van der Waals surface area contributed by atoms with E-state index in [0.717, 1.165) is 11.7 Å². The van der Waals surface area contributed by atoms with Crippen molar-refractivity contribution in [1.82, 2.24) is 9.55 Å². The molecule has 2 rings (SSSR count).